The fourth-order valence-corrected chi connectivity index (χ4v) is 6.68. The van der Waals surface area contributed by atoms with Crippen molar-refractivity contribution in [2.75, 3.05) is 0 Å². The van der Waals surface area contributed by atoms with Gasteiger partial charge in [0.1, 0.15) is 5.75 Å². The summed E-state index contributed by atoms with van der Waals surface area (Å²) in [6.07, 6.45) is 3.50. The summed E-state index contributed by atoms with van der Waals surface area (Å²) in [5.74, 6) is 1.51. The normalized spacial score (nSPS) is 25.3. The first-order valence-corrected chi connectivity index (χ1v) is 11.8. The molecule has 0 amide bonds. The molecule has 0 heterocycles. The molecular weight excluding hydrogens is 355 g/mol. The Morgan fingerprint density at radius 1 is 1.07 bits per heavy atom. The van der Waals surface area contributed by atoms with Gasteiger partial charge in [-0.25, -0.2) is 0 Å². The maximum Gasteiger partial charge on any atom is 0.240 e. The first-order chi connectivity index (χ1) is 12.9. The van der Waals surface area contributed by atoms with Crippen molar-refractivity contribution >= 4 is 12.7 Å². The Balaban J connectivity index is 1.96. The van der Waals surface area contributed by atoms with Gasteiger partial charge in [0, 0.05) is 0 Å². The molecule has 0 spiro atoms. The maximum absolute atomic E-state index is 14.2. The first kappa shape index (κ1) is 20.2. The van der Waals surface area contributed by atoms with Crippen LogP contribution in [-0.2, 0) is 15.3 Å². The number of aromatic hydroxyl groups is 1. The smallest absolute Gasteiger partial charge is 0.240 e. The highest BCUT2D eigenvalue weighted by Gasteiger charge is 2.39. The Morgan fingerprint density at radius 3 is 2.41 bits per heavy atom. The lowest BCUT2D eigenvalue weighted by Gasteiger charge is -2.39. The molecule has 1 N–H and O–H groups in total. The van der Waals surface area contributed by atoms with Gasteiger partial charge in [0.2, 0.25) is 7.37 Å². The second-order valence-electron chi connectivity index (χ2n) is 8.28. The number of hydrogen-bond acceptors (Lipinski definition) is 3. The highest BCUT2D eigenvalue weighted by atomic mass is 31.2. The summed E-state index contributed by atoms with van der Waals surface area (Å²) >= 11 is 0. The maximum atomic E-state index is 14.2. The first-order valence-electron chi connectivity index (χ1n) is 9.99. The Kier molecular flexibility index (Phi) is 6.44. The molecule has 0 radical (unpaired) electrons. The predicted molar refractivity (Wildman–Crippen MR) is 112 cm³/mol. The second-order valence-corrected chi connectivity index (χ2v) is 10.6. The summed E-state index contributed by atoms with van der Waals surface area (Å²) in [4.78, 5) is 0. The quantitative estimate of drug-likeness (QED) is 0.622. The lowest BCUT2D eigenvalue weighted by Crippen LogP contribution is -2.34. The number of para-hydroxylation sites is 1. The van der Waals surface area contributed by atoms with Gasteiger partial charge in [0.15, 0.2) is 0 Å². The van der Waals surface area contributed by atoms with Crippen molar-refractivity contribution in [2.45, 2.75) is 52.3 Å². The summed E-state index contributed by atoms with van der Waals surface area (Å²) in [5, 5.41) is 10.9. The lowest BCUT2D eigenvalue weighted by atomic mass is 9.75. The van der Waals surface area contributed by atoms with E-state index in [0.29, 0.717) is 29.2 Å². The van der Waals surface area contributed by atoms with Gasteiger partial charge in [-0.1, -0.05) is 69.7 Å². The van der Waals surface area contributed by atoms with Crippen LogP contribution in [0.4, 0.5) is 0 Å². The van der Waals surface area contributed by atoms with Crippen LogP contribution in [0.3, 0.4) is 0 Å². The van der Waals surface area contributed by atoms with E-state index >= 15 is 0 Å². The number of phenolic OH excluding ortho intramolecular Hbond substituents is 1. The monoisotopic (exact) mass is 386 g/mol. The van der Waals surface area contributed by atoms with Gasteiger partial charge >= 0.3 is 0 Å². The molecule has 2 aromatic carbocycles. The van der Waals surface area contributed by atoms with Gasteiger partial charge in [0.25, 0.3) is 0 Å². The molecule has 3 nitrogen and oxygen atoms in total. The van der Waals surface area contributed by atoms with Crippen molar-refractivity contribution in [3.63, 3.8) is 0 Å². The Bertz CT molecular complexity index is 787. The van der Waals surface area contributed by atoms with Gasteiger partial charge in [-0.2, -0.15) is 0 Å². The van der Waals surface area contributed by atoms with Gasteiger partial charge in [-0.05, 0) is 48.3 Å². The minimum atomic E-state index is -3.25. The molecule has 0 aliphatic heterocycles. The molecule has 1 aliphatic rings. The minimum Gasteiger partial charge on any atom is -0.507 e. The van der Waals surface area contributed by atoms with Crippen molar-refractivity contribution in [1.29, 1.82) is 0 Å². The van der Waals surface area contributed by atoms with Gasteiger partial charge in [-0.3, -0.25) is 4.57 Å². The molecule has 0 bridgehead atoms. The van der Waals surface area contributed by atoms with Crippen molar-refractivity contribution in [3.05, 3.63) is 60.2 Å². The fraction of sp³-hybridized carbons (Fsp3) is 0.478. The van der Waals surface area contributed by atoms with Crippen molar-refractivity contribution in [2.24, 2.45) is 17.8 Å². The molecule has 146 valence electrons. The number of hydrogen-bond donors (Lipinski definition) is 1. The van der Waals surface area contributed by atoms with Crippen LogP contribution in [0.1, 0.15) is 45.6 Å². The van der Waals surface area contributed by atoms with Gasteiger partial charge < -0.3 is 9.63 Å². The Labute approximate surface area is 163 Å². The largest absolute Gasteiger partial charge is 0.507 e. The Hall–Kier alpha value is -1.57. The highest BCUT2D eigenvalue weighted by molar-refractivity contribution is 7.66. The summed E-state index contributed by atoms with van der Waals surface area (Å²) in [7, 11) is -3.25. The summed E-state index contributed by atoms with van der Waals surface area (Å²) in [6, 6.07) is 16.7. The average Bonchev–Trinajstić information content (AvgIpc) is 2.62. The van der Waals surface area contributed by atoms with E-state index in [1.807, 2.05) is 36.4 Å². The van der Waals surface area contributed by atoms with Crippen LogP contribution < -0.4 is 5.30 Å². The van der Waals surface area contributed by atoms with Crippen molar-refractivity contribution < 1.29 is 14.2 Å². The molecule has 27 heavy (non-hydrogen) atoms. The van der Waals surface area contributed by atoms with E-state index in [1.54, 1.807) is 18.2 Å². The standard InChI is InChI=1S/C23H31O3P/c1-17(2)20-14-13-18(3)15-22(20)26-27(25,16-19-9-5-4-6-10-19)23-12-8-7-11-21(23)24/h4-12,17-18,20,22,24H,13-16H2,1-3H3/t18-,20+,22-,27+/m1/s1. The minimum absolute atomic E-state index is 0.0390. The molecule has 1 aliphatic carbocycles. The van der Waals surface area contributed by atoms with E-state index in [1.165, 1.54) is 6.42 Å². The number of benzene rings is 2. The number of phenols is 1. The molecule has 1 saturated carbocycles. The van der Waals surface area contributed by atoms with Crippen LogP contribution >= 0.6 is 7.37 Å². The van der Waals surface area contributed by atoms with E-state index in [2.05, 4.69) is 20.8 Å². The zero-order valence-corrected chi connectivity index (χ0v) is 17.4. The van der Waals surface area contributed by atoms with Gasteiger partial charge in [-0.15, -0.1) is 0 Å². The highest BCUT2D eigenvalue weighted by Crippen LogP contribution is 2.55. The number of rotatable bonds is 6. The molecule has 4 atom stereocenters. The molecule has 0 unspecified atom stereocenters. The van der Waals surface area contributed by atoms with Crippen LogP contribution in [0.5, 0.6) is 5.75 Å². The van der Waals surface area contributed by atoms with Gasteiger partial charge in [0.05, 0.1) is 17.6 Å². The van der Waals surface area contributed by atoms with Crippen LogP contribution in [0.25, 0.3) is 0 Å². The van der Waals surface area contributed by atoms with Crippen LogP contribution in [-0.4, -0.2) is 11.2 Å². The Morgan fingerprint density at radius 2 is 1.74 bits per heavy atom. The third kappa shape index (κ3) is 4.83. The lowest BCUT2D eigenvalue weighted by molar-refractivity contribution is 0.0495. The van der Waals surface area contributed by atoms with E-state index in [4.69, 9.17) is 4.52 Å². The molecule has 2 aromatic rings. The summed E-state index contributed by atoms with van der Waals surface area (Å²) < 4.78 is 20.7. The van der Waals surface area contributed by atoms with E-state index in [9.17, 15) is 9.67 Å². The summed E-state index contributed by atoms with van der Waals surface area (Å²) in [6.45, 7) is 6.69. The van der Waals surface area contributed by atoms with Crippen LogP contribution in [0.15, 0.2) is 54.6 Å². The SMILES string of the molecule is CC(C)[C@@H]1CC[C@@H](C)C[C@H]1O[P@@](=O)(Cc1ccccc1)c1ccccc1O. The zero-order chi connectivity index (χ0) is 19.4. The predicted octanol–water partition coefficient (Wildman–Crippen LogP) is 5.97. The third-order valence-electron chi connectivity index (χ3n) is 5.75. The fourth-order valence-electron chi connectivity index (χ4n) is 4.21. The van der Waals surface area contributed by atoms with Crippen LogP contribution in [0, 0.1) is 17.8 Å². The van der Waals surface area contributed by atoms with E-state index in [0.717, 1.165) is 18.4 Å². The molecule has 1 fully saturated rings. The molecule has 0 aromatic heterocycles. The molecular formula is C23H31O3P. The zero-order valence-electron chi connectivity index (χ0n) is 16.5. The van der Waals surface area contributed by atoms with Crippen LogP contribution in [0.2, 0.25) is 0 Å². The van der Waals surface area contributed by atoms with E-state index < -0.39 is 7.37 Å². The molecule has 4 heteroatoms. The van der Waals surface area contributed by atoms with Crippen molar-refractivity contribution in [3.8, 4) is 5.75 Å². The summed E-state index contributed by atoms with van der Waals surface area (Å²) in [5.41, 5.74) is 0.967. The molecule has 3 rings (SSSR count). The third-order valence-corrected chi connectivity index (χ3v) is 8.25. The van der Waals surface area contributed by atoms with Crippen molar-refractivity contribution in [1.82, 2.24) is 0 Å². The van der Waals surface area contributed by atoms with E-state index in [-0.39, 0.29) is 11.9 Å². The molecule has 0 saturated heterocycles. The topological polar surface area (TPSA) is 46.5 Å². The average molecular weight is 386 g/mol. The second kappa shape index (κ2) is 8.63.